The highest BCUT2D eigenvalue weighted by molar-refractivity contribution is 7.73. The van der Waals surface area contributed by atoms with Crippen LogP contribution < -0.4 is 0 Å². The number of hydrogen-bond acceptors (Lipinski definition) is 3. The fraction of sp³-hybridized carbons (Fsp3) is 0.333. The molecule has 68 valence electrons. The Bertz CT molecular complexity index is 496. The van der Waals surface area contributed by atoms with Crippen LogP contribution in [0, 0.1) is 10.9 Å². The number of aromatic nitrogens is 2. The summed E-state index contributed by atoms with van der Waals surface area (Å²) in [6, 6.07) is 0. The van der Waals surface area contributed by atoms with Crippen molar-refractivity contribution in [3.8, 4) is 0 Å². The van der Waals surface area contributed by atoms with Crippen molar-refractivity contribution in [1.29, 1.82) is 0 Å². The van der Waals surface area contributed by atoms with Gasteiger partial charge in [0.05, 0.1) is 4.70 Å². The van der Waals surface area contributed by atoms with Gasteiger partial charge in [-0.2, -0.15) is 0 Å². The second-order valence-corrected chi connectivity index (χ2v) is 4.64. The molecule has 13 heavy (non-hydrogen) atoms. The minimum absolute atomic E-state index is 0.804. The van der Waals surface area contributed by atoms with E-state index in [9.17, 15) is 0 Å². The standard InChI is InChI=1S/C9H10N2S2/c1-3-6-4-10-8-7(5(6)2)13-9(12)11-8/h4H,3H2,1-2H3,(H,10,11,12). The van der Waals surface area contributed by atoms with E-state index >= 15 is 0 Å². The maximum absolute atomic E-state index is 5.08. The van der Waals surface area contributed by atoms with Crippen LogP contribution in [0.2, 0.25) is 0 Å². The number of nitrogens with zero attached hydrogens (tertiary/aromatic N) is 1. The van der Waals surface area contributed by atoms with Crippen molar-refractivity contribution in [2.45, 2.75) is 20.3 Å². The number of aryl methyl sites for hydroxylation is 2. The van der Waals surface area contributed by atoms with Crippen LogP contribution in [0.25, 0.3) is 10.3 Å². The molecule has 0 aliphatic heterocycles. The molecule has 0 unspecified atom stereocenters. The molecule has 2 rings (SSSR count). The largest absolute Gasteiger partial charge is 0.322 e. The van der Waals surface area contributed by atoms with Crippen LogP contribution in [0.5, 0.6) is 0 Å². The van der Waals surface area contributed by atoms with Crippen LogP contribution in [-0.4, -0.2) is 9.97 Å². The molecule has 0 radical (unpaired) electrons. The molecule has 0 saturated heterocycles. The summed E-state index contributed by atoms with van der Waals surface area (Å²) < 4.78 is 2.00. The number of nitrogens with one attached hydrogen (secondary N) is 1. The van der Waals surface area contributed by atoms with Gasteiger partial charge in [-0.1, -0.05) is 6.92 Å². The zero-order valence-corrected chi connectivity index (χ0v) is 9.18. The Labute approximate surface area is 85.6 Å². The SMILES string of the molecule is CCc1cnc2[nH]c(=S)sc2c1C. The van der Waals surface area contributed by atoms with E-state index in [2.05, 4.69) is 23.8 Å². The molecule has 2 nitrogen and oxygen atoms in total. The number of fused-ring (bicyclic) bond motifs is 1. The van der Waals surface area contributed by atoms with E-state index in [-0.39, 0.29) is 0 Å². The third-order valence-electron chi connectivity index (χ3n) is 2.18. The molecular weight excluding hydrogens is 200 g/mol. The summed E-state index contributed by atoms with van der Waals surface area (Å²) in [6.07, 6.45) is 2.95. The topological polar surface area (TPSA) is 28.7 Å². The molecule has 2 heterocycles. The highest BCUT2D eigenvalue weighted by Crippen LogP contribution is 2.24. The van der Waals surface area contributed by atoms with Crippen molar-refractivity contribution >= 4 is 33.9 Å². The first-order chi connectivity index (χ1) is 6.22. The first kappa shape index (κ1) is 8.84. The van der Waals surface area contributed by atoms with Crippen molar-refractivity contribution in [3.05, 3.63) is 21.3 Å². The Balaban J connectivity index is 2.85. The molecule has 0 spiro atoms. The molecule has 1 N–H and O–H groups in total. The fourth-order valence-corrected chi connectivity index (χ4v) is 2.57. The van der Waals surface area contributed by atoms with Gasteiger partial charge >= 0.3 is 0 Å². The van der Waals surface area contributed by atoms with Gasteiger partial charge in [-0.3, -0.25) is 0 Å². The van der Waals surface area contributed by atoms with E-state index in [1.54, 1.807) is 11.3 Å². The van der Waals surface area contributed by atoms with Crippen molar-refractivity contribution in [2.24, 2.45) is 0 Å². The zero-order valence-electron chi connectivity index (χ0n) is 7.55. The fourth-order valence-electron chi connectivity index (χ4n) is 1.41. The molecule has 0 saturated carbocycles. The van der Waals surface area contributed by atoms with Crippen molar-refractivity contribution < 1.29 is 0 Å². The maximum atomic E-state index is 5.08. The van der Waals surface area contributed by atoms with Gasteiger partial charge in [-0.15, -0.1) is 11.3 Å². The number of pyridine rings is 1. The number of hydrogen-bond donors (Lipinski definition) is 1. The summed E-state index contributed by atoms with van der Waals surface area (Å²) >= 11 is 6.68. The van der Waals surface area contributed by atoms with E-state index in [4.69, 9.17) is 12.2 Å². The van der Waals surface area contributed by atoms with Crippen molar-refractivity contribution in [3.63, 3.8) is 0 Å². The Morgan fingerprint density at radius 1 is 1.62 bits per heavy atom. The highest BCUT2D eigenvalue weighted by atomic mass is 32.1. The Hall–Kier alpha value is -0.740. The molecule has 0 fully saturated rings. The number of rotatable bonds is 1. The number of aromatic amines is 1. The molecule has 0 aliphatic rings. The summed E-state index contributed by atoms with van der Waals surface area (Å²) in [7, 11) is 0. The van der Waals surface area contributed by atoms with E-state index in [0.717, 1.165) is 16.0 Å². The van der Waals surface area contributed by atoms with Crippen LogP contribution in [0.15, 0.2) is 6.20 Å². The van der Waals surface area contributed by atoms with E-state index < -0.39 is 0 Å². The lowest BCUT2D eigenvalue weighted by Gasteiger charge is -2.01. The zero-order chi connectivity index (χ0) is 9.42. The molecule has 2 aromatic rings. The molecule has 0 aromatic carbocycles. The summed E-state index contributed by atoms with van der Waals surface area (Å²) in [5.41, 5.74) is 3.53. The number of thiazole rings is 1. The van der Waals surface area contributed by atoms with E-state index in [1.807, 2.05) is 6.20 Å². The highest BCUT2D eigenvalue weighted by Gasteiger charge is 2.05. The summed E-state index contributed by atoms with van der Waals surface area (Å²) in [5, 5.41) is 0. The predicted molar refractivity (Wildman–Crippen MR) is 58.9 cm³/mol. The normalized spacial score (nSPS) is 10.9. The Morgan fingerprint density at radius 2 is 2.38 bits per heavy atom. The van der Waals surface area contributed by atoms with Gasteiger partial charge in [0.15, 0.2) is 3.95 Å². The molecule has 0 bridgehead atoms. The van der Waals surface area contributed by atoms with Gasteiger partial charge in [-0.05, 0) is 36.7 Å². The predicted octanol–water partition coefficient (Wildman–Crippen LogP) is 3.22. The summed E-state index contributed by atoms with van der Waals surface area (Å²) in [4.78, 5) is 7.39. The second kappa shape index (κ2) is 3.20. The second-order valence-electron chi connectivity index (χ2n) is 2.95. The summed E-state index contributed by atoms with van der Waals surface area (Å²) in [6.45, 7) is 4.27. The minimum atomic E-state index is 0.804. The monoisotopic (exact) mass is 210 g/mol. The van der Waals surface area contributed by atoms with E-state index in [0.29, 0.717) is 0 Å². The average Bonchev–Trinajstić information content (AvgIpc) is 2.47. The Kier molecular flexibility index (Phi) is 2.17. The van der Waals surface area contributed by atoms with Gasteiger partial charge in [0.2, 0.25) is 0 Å². The third-order valence-corrected chi connectivity index (χ3v) is 3.53. The summed E-state index contributed by atoms with van der Waals surface area (Å²) in [5.74, 6) is 0. The van der Waals surface area contributed by atoms with Gasteiger partial charge in [0, 0.05) is 6.20 Å². The molecule has 0 atom stereocenters. The van der Waals surface area contributed by atoms with Crippen LogP contribution in [0.3, 0.4) is 0 Å². The van der Waals surface area contributed by atoms with Crippen LogP contribution in [-0.2, 0) is 6.42 Å². The lowest BCUT2D eigenvalue weighted by molar-refractivity contribution is 1.09. The first-order valence-corrected chi connectivity index (χ1v) is 5.42. The molecular formula is C9H10N2S2. The van der Waals surface area contributed by atoms with Gasteiger partial charge in [-0.25, -0.2) is 4.98 Å². The minimum Gasteiger partial charge on any atom is -0.322 e. The van der Waals surface area contributed by atoms with Crippen LogP contribution in [0.4, 0.5) is 0 Å². The third kappa shape index (κ3) is 1.40. The molecule has 0 aliphatic carbocycles. The quantitative estimate of drug-likeness (QED) is 0.732. The van der Waals surface area contributed by atoms with Gasteiger partial charge in [0.25, 0.3) is 0 Å². The smallest absolute Gasteiger partial charge is 0.160 e. The molecule has 2 aromatic heterocycles. The van der Waals surface area contributed by atoms with Crippen LogP contribution in [0.1, 0.15) is 18.1 Å². The maximum Gasteiger partial charge on any atom is 0.160 e. The van der Waals surface area contributed by atoms with E-state index in [1.165, 1.54) is 15.8 Å². The van der Waals surface area contributed by atoms with Gasteiger partial charge < -0.3 is 4.98 Å². The Morgan fingerprint density at radius 3 is 3.08 bits per heavy atom. The lowest BCUT2D eigenvalue weighted by Crippen LogP contribution is -1.88. The number of H-pyrrole nitrogens is 1. The lowest BCUT2D eigenvalue weighted by atomic mass is 10.1. The van der Waals surface area contributed by atoms with Crippen molar-refractivity contribution in [1.82, 2.24) is 9.97 Å². The molecule has 4 heteroatoms. The first-order valence-electron chi connectivity index (χ1n) is 4.19. The average molecular weight is 210 g/mol. The van der Waals surface area contributed by atoms with Crippen molar-refractivity contribution in [2.75, 3.05) is 0 Å². The molecule has 0 amide bonds. The van der Waals surface area contributed by atoms with Gasteiger partial charge in [0.1, 0.15) is 5.65 Å². The van der Waals surface area contributed by atoms with Crippen LogP contribution >= 0.6 is 23.6 Å².